The largest absolute Gasteiger partial charge is 0.341 e. The van der Waals surface area contributed by atoms with Gasteiger partial charge in [0.25, 0.3) is 5.91 Å². The molecule has 1 saturated heterocycles. The van der Waals surface area contributed by atoms with Crippen LogP contribution < -0.4 is 0 Å². The number of amides is 2. The molecule has 0 radical (unpaired) electrons. The summed E-state index contributed by atoms with van der Waals surface area (Å²) in [5, 5.41) is 0. The van der Waals surface area contributed by atoms with Crippen LogP contribution in [0, 0.1) is 5.41 Å². The van der Waals surface area contributed by atoms with Crippen molar-refractivity contribution in [2.45, 2.75) is 33.6 Å². The van der Waals surface area contributed by atoms with Crippen LogP contribution in [0.2, 0.25) is 4.34 Å². The van der Waals surface area contributed by atoms with Gasteiger partial charge in [0.1, 0.15) is 0 Å². The van der Waals surface area contributed by atoms with Crippen LogP contribution in [-0.2, 0) is 4.79 Å². The lowest BCUT2D eigenvalue weighted by molar-refractivity contribution is -0.132. The van der Waals surface area contributed by atoms with Crippen molar-refractivity contribution in [3.05, 3.63) is 21.3 Å². The molecular weight excluding hydrogens is 320 g/mol. The van der Waals surface area contributed by atoms with Gasteiger partial charge in [-0.15, -0.1) is 11.3 Å². The van der Waals surface area contributed by atoms with Crippen LogP contribution in [0.1, 0.15) is 43.3 Å². The molecule has 2 heterocycles. The highest BCUT2D eigenvalue weighted by molar-refractivity contribution is 7.17. The van der Waals surface area contributed by atoms with E-state index >= 15 is 0 Å². The Morgan fingerprint density at radius 3 is 2.36 bits per heavy atom. The highest BCUT2D eigenvalue weighted by Crippen LogP contribution is 2.24. The van der Waals surface area contributed by atoms with Crippen LogP contribution in [0.3, 0.4) is 0 Å². The Hall–Kier alpha value is -1.07. The van der Waals surface area contributed by atoms with Crippen LogP contribution in [0.15, 0.2) is 12.1 Å². The molecule has 0 N–H and O–H groups in total. The van der Waals surface area contributed by atoms with Crippen LogP contribution in [0.25, 0.3) is 0 Å². The zero-order valence-corrected chi connectivity index (χ0v) is 15.0. The molecule has 2 amide bonds. The fraction of sp³-hybridized carbons (Fsp3) is 0.625. The summed E-state index contributed by atoms with van der Waals surface area (Å²) >= 11 is 7.20. The van der Waals surface area contributed by atoms with E-state index in [0.29, 0.717) is 35.3 Å². The van der Waals surface area contributed by atoms with Gasteiger partial charge in [-0.05, 0) is 24.0 Å². The van der Waals surface area contributed by atoms with Gasteiger partial charge in [-0.3, -0.25) is 9.59 Å². The molecule has 1 aromatic heterocycles. The smallest absolute Gasteiger partial charge is 0.264 e. The summed E-state index contributed by atoms with van der Waals surface area (Å²) in [6.45, 7) is 8.82. The minimum Gasteiger partial charge on any atom is -0.341 e. The van der Waals surface area contributed by atoms with Crippen LogP contribution >= 0.6 is 22.9 Å². The van der Waals surface area contributed by atoms with Gasteiger partial charge >= 0.3 is 0 Å². The van der Waals surface area contributed by atoms with Gasteiger partial charge in [0.2, 0.25) is 5.91 Å². The third kappa shape index (κ3) is 4.71. The zero-order chi connectivity index (χ0) is 16.3. The zero-order valence-electron chi connectivity index (χ0n) is 13.4. The maximum atomic E-state index is 12.4. The Morgan fingerprint density at radius 2 is 1.77 bits per heavy atom. The van der Waals surface area contributed by atoms with Crippen molar-refractivity contribution >= 4 is 34.8 Å². The molecule has 1 aromatic rings. The van der Waals surface area contributed by atoms with Crippen LogP contribution in [-0.4, -0.2) is 47.8 Å². The molecule has 4 nitrogen and oxygen atoms in total. The SMILES string of the molecule is CC(C)(C)CC(=O)N1CCCN(C(=O)c2ccc(Cl)s2)CC1. The number of rotatable bonds is 2. The van der Waals surface area contributed by atoms with E-state index in [2.05, 4.69) is 20.8 Å². The second kappa shape index (κ2) is 7.01. The lowest BCUT2D eigenvalue weighted by Crippen LogP contribution is -2.38. The van der Waals surface area contributed by atoms with E-state index in [1.165, 1.54) is 11.3 Å². The van der Waals surface area contributed by atoms with Crippen molar-refractivity contribution < 1.29 is 9.59 Å². The molecular formula is C16H23ClN2O2S. The van der Waals surface area contributed by atoms with E-state index in [4.69, 9.17) is 11.6 Å². The number of hydrogen-bond donors (Lipinski definition) is 0. The predicted molar refractivity (Wildman–Crippen MR) is 90.5 cm³/mol. The summed E-state index contributed by atoms with van der Waals surface area (Å²) < 4.78 is 0.625. The molecule has 122 valence electrons. The van der Waals surface area contributed by atoms with Gasteiger partial charge in [-0.2, -0.15) is 0 Å². The van der Waals surface area contributed by atoms with Gasteiger partial charge in [0.05, 0.1) is 9.21 Å². The fourth-order valence-corrected chi connectivity index (χ4v) is 3.53. The van der Waals surface area contributed by atoms with Gasteiger partial charge in [-0.1, -0.05) is 32.4 Å². The summed E-state index contributed by atoms with van der Waals surface area (Å²) in [7, 11) is 0. The van der Waals surface area contributed by atoms with E-state index in [0.717, 1.165) is 13.0 Å². The van der Waals surface area contributed by atoms with Crippen LogP contribution in [0.4, 0.5) is 0 Å². The highest BCUT2D eigenvalue weighted by atomic mass is 35.5. The number of hydrogen-bond acceptors (Lipinski definition) is 3. The Kier molecular flexibility index (Phi) is 5.50. The first-order valence-electron chi connectivity index (χ1n) is 7.59. The molecule has 0 bridgehead atoms. The summed E-state index contributed by atoms with van der Waals surface area (Å²) in [6, 6.07) is 3.51. The van der Waals surface area contributed by atoms with Crippen molar-refractivity contribution in [2.24, 2.45) is 5.41 Å². The Bertz CT molecular complexity index is 551. The van der Waals surface area contributed by atoms with Crippen molar-refractivity contribution in [1.29, 1.82) is 0 Å². The van der Waals surface area contributed by atoms with E-state index in [-0.39, 0.29) is 17.2 Å². The predicted octanol–water partition coefficient (Wildman–Crippen LogP) is 3.51. The van der Waals surface area contributed by atoms with Crippen molar-refractivity contribution in [2.75, 3.05) is 26.2 Å². The molecule has 0 aromatic carbocycles. The molecule has 2 rings (SSSR count). The van der Waals surface area contributed by atoms with Crippen molar-refractivity contribution in [3.8, 4) is 0 Å². The molecule has 0 spiro atoms. The molecule has 0 saturated carbocycles. The molecule has 0 aliphatic carbocycles. The standard InChI is InChI=1S/C16H23ClN2O2S/c1-16(2,3)11-14(20)18-7-4-8-19(10-9-18)15(21)12-5-6-13(17)22-12/h5-6H,4,7-11H2,1-3H3. The number of carbonyl (C=O) groups excluding carboxylic acids is 2. The summed E-state index contributed by atoms with van der Waals surface area (Å²) in [4.78, 5) is 29.1. The summed E-state index contributed by atoms with van der Waals surface area (Å²) in [5.74, 6) is 0.197. The molecule has 6 heteroatoms. The Balaban J connectivity index is 1.95. The first-order valence-corrected chi connectivity index (χ1v) is 8.78. The lowest BCUT2D eigenvalue weighted by Gasteiger charge is -2.25. The number of halogens is 1. The van der Waals surface area contributed by atoms with E-state index in [9.17, 15) is 9.59 Å². The Labute approximate surface area is 141 Å². The highest BCUT2D eigenvalue weighted by Gasteiger charge is 2.25. The fourth-order valence-electron chi connectivity index (χ4n) is 2.52. The van der Waals surface area contributed by atoms with Gasteiger partial charge in [0.15, 0.2) is 0 Å². The topological polar surface area (TPSA) is 40.6 Å². The average Bonchev–Trinajstić information content (AvgIpc) is 2.70. The minimum atomic E-state index is -0.00733. The summed E-state index contributed by atoms with van der Waals surface area (Å²) in [6.07, 6.45) is 1.36. The molecule has 22 heavy (non-hydrogen) atoms. The van der Waals surface area contributed by atoms with Crippen LogP contribution in [0.5, 0.6) is 0 Å². The van der Waals surface area contributed by atoms with Gasteiger partial charge < -0.3 is 9.80 Å². The quantitative estimate of drug-likeness (QED) is 0.825. The second-order valence-corrected chi connectivity index (χ2v) is 8.58. The molecule has 1 fully saturated rings. The van der Waals surface area contributed by atoms with Gasteiger partial charge in [-0.25, -0.2) is 0 Å². The van der Waals surface area contributed by atoms with Crippen molar-refractivity contribution in [1.82, 2.24) is 9.80 Å². The van der Waals surface area contributed by atoms with E-state index in [1.807, 2.05) is 9.80 Å². The maximum absolute atomic E-state index is 12.4. The van der Waals surface area contributed by atoms with Gasteiger partial charge in [0, 0.05) is 32.6 Å². The molecule has 0 atom stereocenters. The third-order valence-electron chi connectivity index (χ3n) is 3.60. The molecule has 1 aliphatic heterocycles. The number of carbonyl (C=O) groups is 2. The lowest BCUT2D eigenvalue weighted by atomic mass is 9.91. The minimum absolute atomic E-state index is 0.00733. The second-order valence-electron chi connectivity index (χ2n) is 6.87. The first-order chi connectivity index (χ1) is 10.3. The van der Waals surface area contributed by atoms with E-state index < -0.39 is 0 Å². The first kappa shape index (κ1) is 17.3. The third-order valence-corrected chi connectivity index (χ3v) is 4.82. The Morgan fingerprint density at radius 1 is 1.14 bits per heavy atom. The average molecular weight is 343 g/mol. The molecule has 1 aliphatic rings. The molecule has 0 unspecified atom stereocenters. The number of nitrogens with zero attached hydrogens (tertiary/aromatic N) is 2. The number of thiophene rings is 1. The monoisotopic (exact) mass is 342 g/mol. The van der Waals surface area contributed by atoms with Crippen molar-refractivity contribution in [3.63, 3.8) is 0 Å². The van der Waals surface area contributed by atoms with E-state index in [1.54, 1.807) is 12.1 Å². The normalized spacial score (nSPS) is 16.5. The summed E-state index contributed by atoms with van der Waals surface area (Å²) in [5.41, 5.74) is -0.00733. The maximum Gasteiger partial charge on any atom is 0.264 e.